The van der Waals surface area contributed by atoms with Crippen LogP contribution in [0.15, 0.2) is 24.5 Å². The van der Waals surface area contributed by atoms with Crippen molar-refractivity contribution in [3.05, 3.63) is 47.0 Å². The van der Waals surface area contributed by atoms with Crippen LogP contribution in [-0.4, -0.2) is 15.3 Å². The molecule has 0 saturated heterocycles. The molecule has 1 aromatic heterocycles. The number of benzene rings is 1. The Hall–Kier alpha value is -2.41. The van der Waals surface area contributed by atoms with Gasteiger partial charge in [-0.2, -0.15) is 5.26 Å². The first kappa shape index (κ1) is 16.0. The number of aryl methyl sites for hydroxylation is 1. The first-order chi connectivity index (χ1) is 10.2. The van der Waals surface area contributed by atoms with E-state index in [-0.39, 0.29) is 11.2 Å². The summed E-state index contributed by atoms with van der Waals surface area (Å²) in [6.45, 7) is 9.89. The molecule has 0 aliphatic heterocycles. The number of ketones is 1. The number of hydrogen-bond acceptors (Lipinski definition) is 3. The van der Waals surface area contributed by atoms with Gasteiger partial charge >= 0.3 is 0 Å². The van der Waals surface area contributed by atoms with E-state index in [1.807, 2.05) is 23.6 Å². The highest BCUT2D eigenvalue weighted by Gasteiger charge is 2.22. The van der Waals surface area contributed by atoms with Gasteiger partial charge in [-0.3, -0.25) is 9.36 Å². The Morgan fingerprint density at radius 1 is 1.36 bits per heavy atom. The smallest absolute Gasteiger partial charge is 0.178 e. The fourth-order valence-electron chi connectivity index (χ4n) is 2.57. The zero-order valence-electron chi connectivity index (χ0n) is 13.8. The summed E-state index contributed by atoms with van der Waals surface area (Å²) in [5, 5.41) is 8.97. The predicted octanol–water partition coefficient (Wildman–Crippen LogP) is 3.84. The molecule has 0 spiro atoms. The van der Waals surface area contributed by atoms with Crippen LogP contribution in [0.1, 0.15) is 55.0 Å². The Morgan fingerprint density at radius 2 is 2.05 bits per heavy atom. The number of hydrogen-bond donors (Lipinski definition) is 0. The summed E-state index contributed by atoms with van der Waals surface area (Å²) in [5.41, 5.74) is 3.95. The molecule has 2 aromatic rings. The van der Waals surface area contributed by atoms with E-state index in [1.165, 1.54) is 0 Å². The molecule has 0 atom stereocenters. The normalized spacial score (nSPS) is 11.3. The van der Waals surface area contributed by atoms with Crippen molar-refractivity contribution in [2.75, 3.05) is 0 Å². The van der Waals surface area contributed by atoms with Crippen molar-refractivity contribution in [2.45, 2.75) is 41.0 Å². The molecule has 0 bridgehead atoms. The molecule has 0 fully saturated rings. The Bertz CT molecular complexity index is 758. The predicted molar refractivity (Wildman–Crippen MR) is 86.2 cm³/mol. The summed E-state index contributed by atoms with van der Waals surface area (Å²) in [6, 6.07) is 7.57. The lowest BCUT2D eigenvalue weighted by Gasteiger charge is -2.17. The van der Waals surface area contributed by atoms with Crippen molar-refractivity contribution in [3.8, 4) is 11.8 Å². The molecule has 0 N–H and O–H groups in total. The molecule has 2 rings (SSSR count). The molecule has 22 heavy (non-hydrogen) atoms. The van der Waals surface area contributed by atoms with Gasteiger partial charge in [-0.1, -0.05) is 20.8 Å². The maximum Gasteiger partial charge on any atom is 0.178 e. The van der Waals surface area contributed by atoms with Crippen LogP contribution < -0.4 is 0 Å². The Kier molecular flexibility index (Phi) is 4.18. The lowest BCUT2D eigenvalue weighted by Crippen LogP contribution is -2.14. The minimum absolute atomic E-state index is 0.000472. The number of carbonyl (C=O) groups is 1. The lowest BCUT2D eigenvalue weighted by atomic mass is 9.89. The van der Waals surface area contributed by atoms with Crippen LogP contribution in [0.2, 0.25) is 0 Å². The highest BCUT2D eigenvalue weighted by atomic mass is 16.1. The summed E-state index contributed by atoms with van der Waals surface area (Å²) in [6.07, 6.45) is 2.44. The number of rotatable bonds is 3. The van der Waals surface area contributed by atoms with Gasteiger partial charge in [0.25, 0.3) is 0 Å². The van der Waals surface area contributed by atoms with Gasteiger partial charge in [0.05, 0.1) is 23.0 Å². The van der Waals surface area contributed by atoms with Gasteiger partial charge in [0.2, 0.25) is 0 Å². The fourth-order valence-corrected chi connectivity index (χ4v) is 2.57. The van der Waals surface area contributed by atoms with Gasteiger partial charge in [0, 0.05) is 6.92 Å². The Morgan fingerprint density at radius 3 is 2.55 bits per heavy atom. The molecule has 4 heteroatoms. The molecular formula is C18H21N3O. The molecule has 0 saturated carbocycles. The van der Waals surface area contributed by atoms with Gasteiger partial charge in [0.1, 0.15) is 12.0 Å². The first-order valence-corrected chi connectivity index (χ1v) is 7.31. The van der Waals surface area contributed by atoms with Crippen LogP contribution in [0.5, 0.6) is 0 Å². The van der Waals surface area contributed by atoms with Crippen LogP contribution in [0.4, 0.5) is 0 Å². The van der Waals surface area contributed by atoms with E-state index in [0.29, 0.717) is 11.3 Å². The Balaban J connectivity index is 2.57. The third-order valence-electron chi connectivity index (χ3n) is 3.46. The SMILES string of the molecule is CC(=O)c1c(CC(C)(C)C)ncn1-c1ccc(C#N)cc1C. The molecule has 114 valence electrons. The number of aromatic nitrogens is 2. The maximum absolute atomic E-state index is 12.1. The van der Waals surface area contributed by atoms with E-state index in [9.17, 15) is 4.79 Å². The quantitative estimate of drug-likeness (QED) is 0.808. The van der Waals surface area contributed by atoms with Crippen LogP contribution >= 0.6 is 0 Å². The molecule has 0 aliphatic carbocycles. The van der Waals surface area contributed by atoms with Crippen molar-refractivity contribution in [2.24, 2.45) is 5.41 Å². The highest BCUT2D eigenvalue weighted by Crippen LogP contribution is 2.25. The standard InChI is InChI=1S/C18H21N3O/c1-12-8-14(10-19)6-7-16(12)21-11-20-15(9-18(3,4)5)17(21)13(2)22/h6-8,11H,9H2,1-5H3. The van der Waals surface area contributed by atoms with Crippen molar-refractivity contribution in [3.63, 3.8) is 0 Å². The molecule has 0 amide bonds. The molecule has 0 radical (unpaired) electrons. The van der Waals surface area contributed by atoms with E-state index < -0.39 is 0 Å². The first-order valence-electron chi connectivity index (χ1n) is 7.31. The van der Waals surface area contributed by atoms with Gasteiger partial charge in [-0.05, 0) is 42.5 Å². The zero-order chi connectivity index (χ0) is 16.5. The average molecular weight is 295 g/mol. The minimum atomic E-state index is 0.000472. The van der Waals surface area contributed by atoms with E-state index in [4.69, 9.17) is 5.26 Å². The van der Waals surface area contributed by atoms with E-state index in [0.717, 1.165) is 23.4 Å². The topological polar surface area (TPSA) is 58.7 Å². The number of carbonyl (C=O) groups excluding carboxylic acids is 1. The fraction of sp³-hybridized carbons (Fsp3) is 0.389. The number of nitriles is 1. The maximum atomic E-state index is 12.1. The van der Waals surface area contributed by atoms with Gasteiger partial charge < -0.3 is 0 Å². The van der Waals surface area contributed by atoms with Crippen molar-refractivity contribution >= 4 is 5.78 Å². The monoisotopic (exact) mass is 295 g/mol. The van der Waals surface area contributed by atoms with Gasteiger partial charge in [-0.25, -0.2) is 4.98 Å². The third-order valence-corrected chi connectivity index (χ3v) is 3.46. The van der Waals surface area contributed by atoms with Crippen LogP contribution in [0.3, 0.4) is 0 Å². The van der Waals surface area contributed by atoms with Crippen LogP contribution in [-0.2, 0) is 6.42 Å². The number of nitrogens with zero attached hydrogens (tertiary/aromatic N) is 3. The highest BCUT2D eigenvalue weighted by molar-refractivity contribution is 5.94. The van der Waals surface area contributed by atoms with Gasteiger partial charge in [0.15, 0.2) is 5.78 Å². The van der Waals surface area contributed by atoms with Crippen molar-refractivity contribution in [1.29, 1.82) is 5.26 Å². The van der Waals surface area contributed by atoms with E-state index in [1.54, 1.807) is 19.3 Å². The molecular weight excluding hydrogens is 274 g/mol. The number of Topliss-reactive ketones (excluding diaryl/α,β-unsaturated/α-hetero) is 1. The number of imidazole rings is 1. The lowest BCUT2D eigenvalue weighted by molar-refractivity contribution is 0.101. The summed E-state index contributed by atoms with van der Waals surface area (Å²) >= 11 is 0. The molecule has 0 unspecified atom stereocenters. The molecule has 1 aromatic carbocycles. The molecule has 4 nitrogen and oxygen atoms in total. The Labute approximate surface area is 131 Å². The average Bonchev–Trinajstić information content (AvgIpc) is 2.79. The van der Waals surface area contributed by atoms with Crippen LogP contribution in [0.25, 0.3) is 5.69 Å². The molecule has 0 aliphatic rings. The second-order valence-electron chi connectivity index (χ2n) is 6.82. The van der Waals surface area contributed by atoms with E-state index in [2.05, 4.69) is 31.8 Å². The molecule has 1 heterocycles. The zero-order valence-corrected chi connectivity index (χ0v) is 13.8. The van der Waals surface area contributed by atoms with Gasteiger partial charge in [-0.15, -0.1) is 0 Å². The van der Waals surface area contributed by atoms with E-state index >= 15 is 0 Å². The second kappa shape index (κ2) is 5.76. The summed E-state index contributed by atoms with van der Waals surface area (Å²) in [4.78, 5) is 16.6. The second-order valence-corrected chi connectivity index (χ2v) is 6.82. The summed E-state index contributed by atoms with van der Waals surface area (Å²) < 4.78 is 1.83. The minimum Gasteiger partial charge on any atom is -0.296 e. The third kappa shape index (κ3) is 3.25. The van der Waals surface area contributed by atoms with Crippen LogP contribution in [0, 0.1) is 23.7 Å². The van der Waals surface area contributed by atoms with Crippen molar-refractivity contribution < 1.29 is 4.79 Å². The summed E-state index contributed by atoms with van der Waals surface area (Å²) in [7, 11) is 0. The summed E-state index contributed by atoms with van der Waals surface area (Å²) in [5.74, 6) is 0.000472. The largest absolute Gasteiger partial charge is 0.296 e. The van der Waals surface area contributed by atoms with Crippen molar-refractivity contribution in [1.82, 2.24) is 9.55 Å².